The molecule has 6 heteroatoms. The average Bonchev–Trinajstić information content (AvgIpc) is 3.06. The van der Waals surface area contributed by atoms with Crippen LogP contribution in [-0.2, 0) is 10.2 Å². The number of hydrogen-bond donors (Lipinski definition) is 2. The lowest BCUT2D eigenvalue weighted by Crippen LogP contribution is -2.40. The lowest BCUT2D eigenvalue weighted by Gasteiger charge is -2.28. The Morgan fingerprint density at radius 3 is 2.72 bits per heavy atom. The number of benzene rings is 1. The Hall–Kier alpha value is -2.50. The number of tetrazole rings is 1. The van der Waals surface area contributed by atoms with E-state index >= 15 is 0 Å². The predicted octanol–water partition coefficient (Wildman–Crippen LogP) is 1.95. The van der Waals surface area contributed by atoms with Crippen molar-refractivity contribution in [3.63, 3.8) is 0 Å². The fourth-order valence-electron chi connectivity index (χ4n) is 4.70. The number of carbonyl (C=O) groups excluding carboxylic acids is 1. The Balaban J connectivity index is 1.33. The Morgan fingerprint density at radius 1 is 1.20 bits per heavy atom. The summed E-state index contributed by atoms with van der Waals surface area (Å²) in [5.41, 5.74) is 1.16. The number of aromatic nitrogens is 4. The third-order valence-corrected chi connectivity index (χ3v) is 6.22. The quantitative estimate of drug-likeness (QED) is 0.818. The van der Waals surface area contributed by atoms with Crippen molar-refractivity contribution in [1.82, 2.24) is 25.9 Å². The van der Waals surface area contributed by atoms with Crippen LogP contribution in [0.2, 0.25) is 0 Å². The SMILES string of the molecule is O=C(NCC1(c2nn[nH]n2)CC1)C1C2C=CC(C2)C1c1ccccc1. The van der Waals surface area contributed by atoms with Gasteiger partial charge in [0.1, 0.15) is 0 Å². The van der Waals surface area contributed by atoms with Gasteiger partial charge in [-0.2, -0.15) is 5.21 Å². The molecule has 0 saturated heterocycles. The van der Waals surface area contributed by atoms with Crippen LogP contribution in [0.25, 0.3) is 0 Å². The first-order valence-electron chi connectivity index (χ1n) is 9.02. The van der Waals surface area contributed by atoms with Crippen LogP contribution in [0.5, 0.6) is 0 Å². The molecule has 5 rings (SSSR count). The summed E-state index contributed by atoms with van der Waals surface area (Å²) in [6.45, 7) is 0.602. The molecule has 3 aliphatic carbocycles. The van der Waals surface area contributed by atoms with Gasteiger partial charge in [-0.05, 0) is 36.7 Å². The minimum Gasteiger partial charge on any atom is -0.355 e. The predicted molar refractivity (Wildman–Crippen MR) is 91.5 cm³/mol. The highest BCUT2D eigenvalue weighted by molar-refractivity contribution is 5.81. The molecule has 4 unspecified atom stereocenters. The summed E-state index contributed by atoms with van der Waals surface area (Å²) in [6, 6.07) is 10.5. The lowest BCUT2D eigenvalue weighted by atomic mass is 9.78. The molecule has 0 spiro atoms. The standard InChI is InChI=1S/C19H21N5O/c25-17(20-11-19(8-9-19)18-21-23-24-22-18)16-14-7-6-13(10-14)15(16)12-4-2-1-3-5-12/h1-7,13-16H,8-11H2,(H,20,25)(H,21,22,23,24). The summed E-state index contributed by atoms with van der Waals surface area (Å²) in [4.78, 5) is 13.1. The van der Waals surface area contributed by atoms with Gasteiger partial charge in [-0.25, -0.2) is 0 Å². The number of nitrogens with zero attached hydrogens (tertiary/aromatic N) is 3. The number of H-pyrrole nitrogens is 1. The molecule has 2 bridgehead atoms. The molecule has 0 radical (unpaired) electrons. The summed E-state index contributed by atoms with van der Waals surface area (Å²) >= 11 is 0. The van der Waals surface area contributed by atoms with Crippen molar-refractivity contribution in [2.24, 2.45) is 17.8 Å². The van der Waals surface area contributed by atoms with Gasteiger partial charge in [0.25, 0.3) is 0 Å². The van der Waals surface area contributed by atoms with Crippen molar-refractivity contribution < 1.29 is 4.79 Å². The molecule has 3 aliphatic rings. The molecular weight excluding hydrogens is 314 g/mol. The van der Waals surface area contributed by atoms with Crippen LogP contribution in [-0.4, -0.2) is 33.1 Å². The second kappa shape index (κ2) is 5.51. The molecule has 1 heterocycles. The van der Waals surface area contributed by atoms with Crippen LogP contribution < -0.4 is 5.32 Å². The van der Waals surface area contributed by atoms with E-state index in [1.165, 1.54) is 5.56 Å². The maximum Gasteiger partial charge on any atom is 0.224 e. The van der Waals surface area contributed by atoms with Gasteiger partial charge in [-0.15, -0.1) is 10.2 Å². The number of allylic oxidation sites excluding steroid dienone is 2. The maximum atomic E-state index is 13.1. The van der Waals surface area contributed by atoms with Crippen molar-refractivity contribution in [1.29, 1.82) is 0 Å². The van der Waals surface area contributed by atoms with E-state index in [0.717, 1.165) is 25.1 Å². The van der Waals surface area contributed by atoms with Gasteiger partial charge < -0.3 is 5.32 Å². The Kier molecular flexibility index (Phi) is 3.26. The van der Waals surface area contributed by atoms with Crippen molar-refractivity contribution in [3.05, 3.63) is 53.9 Å². The van der Waals surface area contributed by atoms with Crippen molar-refractivity contribution >= 4 is 5.91 Å². The molecule has 1 aromatic heterocycles. The smallest absolute Gasteiger partial charge is 0.224 e. The monoisotopic (exact) mass is 335 g/mol. The first-order valence-corrected chi connectivity index (χ1v) is 9.02. The highest BCUT2D eigenvalue weighted by Gasteiger charge is 2.51. The molecule has 6 nitrogen and oxygen atoms in total. The van der Waals surface area contributed by atoms with E-state index in [1.807, 2.05) is 6.07 Å². The summed E-state index contributed by atoms with van der Waals surface area (Å²) in [5.74, 6) is 2.04. The molecule has 4 atom stereocenters. The lowest BCUT2D eigenvalue weighted by molar-refractivity contribution is -0.126. The molecular formula is C19H21N5O. The number of nitrogens with one attached hydrogen (secondary N) is 2. The van der Waals surface area contributed by atoms with E-state index in [-0.39, 0.29) is 23.2 Å². The fraction of sp³-hybridized carbons (Fsp3) is 0.474. The van der Waals surface area contributed by atoms with E-state index in [0.29, 0.717) is 18.4 Å². The van der Waals surface area contributed by atoms with Gasteiger partial charge in [0, 0.05) is 12.5 Å². The van der Waals surface area contributed by atoms with Gasteiger partial charge >= 0.3 is 0 Å². The van der Waals surface area contributed by atoms with Gasteiger partial charge in [0.2, 0.25) is 5.91 Å². The highest BCUT2D eigenvalue weighted by atomic mass is 16.1. The molecule has 1 amide bonds. The Morgan fingerprint density at radius 2 is 2.00 bits per heavy atom. The fourth-order valence-corrected chi connectivity index (χ4v) is 4.70. The van der Waals surface area contributed by atoms with E-state index < -0.39 is 0 Å². The molecule has 25 heavy (non-hydrogen) atoms. The van der Waals surface area contributed by atoms with E-state index in [4.69, 9.17) is 0 Å². The number of carbonyl (C=O) groups is 1. The molecule has 128 valence electrons. The number of hydrogen-bond acceptors (Lipinski definition) is 4. The number of fused-ring (bicyclic) bond motifs is 2. The molecule has 2 saturated carbocycles. The van der Waals surface area contributed by atoms with Crippen molar-refractivity contribution in [2.45, 2.75) is 30.6 Å². The Bertz CT molecular complexity index is 796. The van der Waals surface area contributed by atoms with Crippen LogP contribution in [0.15, 0.2) is 42.5 Å². The highest BCUT2D eigenvalue weighted by Crippen LogP contribution is 2.53. The third kappa shape index (κ3) is 2.39. The second-order valence-corrected chi connectivity index (χ2v) is 7.64. The third-order valence-electron chi connectivity index (χ3n) is 6.22. The zero-order chi connectivity index (χ0) is 16.9. The van der Waals surface area contributed by atoms with Crippen LogP contribution in [0, 0.1) is 17.8 Å². The maximum absolute atomic E-state index is 13.1. The first kappa shape index (κ1) is 14.8. The number of rotatable bonds is 5. The molecule has 1 aromatic carbocycles. The largest absolute Gasteiger partial charge is 0.355 e. The van der Waals surface area contributed by atoms with E-state index in [9.17, 15) is 4.79 Å². The second-order valence-electron chi connectivity index (χ2n) is 7.64. The average molecular weight is 335 g/mol. The van der Waals surface area contributed by atoms with Gasteiger partial charge in [0.15, 0.2) is 5.82 Å². The normalized spacial score (nSPS) is 31.2. The molecule has 2 aromatic rings. The number of amides is 1. The Labute approximate surface area is 146 Å². The molecule has 2 fully saturated rings. The summed E-state index contributed by atoms with van der Waals surface area (Å²) < 4.78 is 0. The summed E-state index contributed by atoms with van der Waals surface area (Å²) in [6.07, 6.45) is 7.64. The van der Waals surface area contributed by atoms with Gasteiger partial charge in [0.05, 0.1) is 11.3 Å². The van der Waals surface area contributed by atoms with Crippen molar-refractivity contribution in [2.75, 3.05) is 6.54 Å². The number of aromatic amines is 1. The van der Waals surface area contributed by atoms with Crippen LogP contribution in [0.3, 0.4) is 0 Å². The molecule has 2 N–H and O–H groups in total. The molecule has 0 aliphatic heterocycles. The minimum atomic E-state index is -0.113. The zero-order valence-corrected chi connectivity index (χ0v) is 13.9. The zero-order valence-electron chi connectivity index (χ0n) is 13.9. The van der Waals surface area contributed by atoms with Crippen LogP contribution in [0.1, 0.15) is 36.6 Å². The van der Waals surface area contributed by atoms with E-state index in [2.05, 4.69) is 62.4 Å². The first-order chi connectivity index (χ1) is 12.3. The van der Waals surface area contributed by atoms with E-state index in [1.54, 1.807) is 0 Å². The summed E-state index contributed by atoms with van der Waals surface area (Å²) in [5, 5.41) is 17.6. The van der Waals surface area contributed by atoms with Gasteiger partial charge in [-0.1, -0.05) is 47.7 Å². The van der Waals surface area contributed by atoms with Gasteiger partial charge in [-0.3, -0.25) is 4.79 Å². The minimum absolute atomic E-state index is 0.0264. The van der Waals surface area contributed by atoms with Crippen LogP contribution in [0.4, 0.5) is 0 Å². The van der Waals surface area contributed by atoms with Crippen molar-refractivity contribution in [3.8, 4) is 0 Å². The topological polar surface area (TPSA) is 83.6 Å². The summed E-state index contributed by atoms with van der Waals surface area (Å²) in [7, 11) is 0. The van der Waals surface area contributed by atoms with Crippen LogP contribution >= 0.6 is 0 Å².